The molecule has 0 aromatic heterocycles. The summed E-state index contributed by atoms with van der Waals surface area (Å²) in [6.07, 6.45) is -3.13. The molecule has 1 aliphatic rings. The monoisotopic (exact) mass is 466 g/mol. The zero-order valence-corrected chi connectivity index (χ0v) is 17.7. The predicted molar refractivity (Wildman–Crippen MR) is 112 cm³/mol. The van der Waals surface area contributed by atoms with E-state index in [0.29, 0.717) is 33.7 Å². The Balaban J connectivity index is 1.74. The van der Waals surface area contributed by atoms with Crippen LogP contribution < -0.4 is 14.8 Å². The zero-order chi connectivity index (χ0) is 23.5. The highest BCUT2D eigenvalue weighted by molar-refractivity contribution is 8.18. The lowest BCUT2D eigenvalue weighted by Gasteiger charge is -2.13. The van der Waals surface area contributed by atoms with E-state index in [1.54, 1.807) is 18.2 Å². The summed E-state index contributed by atoms with van der Waals surface area (Å²) in [7, 11) is 2.92. The van der Waals surface area contributed by atoms with Gasteiger partial charge in [0.25, 0.3) is 11.1 Å². The third-order valence-electron chi connectivity index (χ3n) is 4.37. The molecule has 0 saturated carbocycles. The lowest BCUT2D eigenvalue weighted by molar-refractivity contribution is -0.137. The fourth-order valence-electron chi connectivity index (χ4n) is 2.85. The summed E-state index contributed by atoms with van der Waals surface area (Å²) in [4.78, 5) is 38.0. The number of halogens is 3. The van der Waals surface area contributed by atoms with E-state index in [4.69, 9.17) is 9.47 Å². The highest BCUT2D eigenvalue weighted by Crippen LogP contribution is 2.35. The smallest absolute Gasteiger partial charge is 0.416 e. The second kappa shape index (κ2) is 9.35. The lowest BCUT2D eigenvalue weighted by Crippen LogP contribution is -2.36. The molecular weight excluding hydrogens is 449 g/mol. The van der Waals surface area contributed by atoms with Gasteiger partial charge in [0.1, 0.15) is 18.0 Å². The molecular formula is C21H17F3N2O5S. The Morgan fingerprint density at radius 2 is 1.88 bits per heavy atom. The van der Waals surface area contributed by atoms with Crippen LogP contribution >= 0.6 is 11.8 Å². The molecule has 2 aromatic rings. The van der Waals surface area contributed by atoms with Crippen molar-refractivity contribution in [1.29, 1.82) is 0 Å². The first kappa shape index (κ1) is 23.2. The number of carbonyl (C=O) groups is 3. The van der Waals surface area contributed by atoms with Crippen LogP contribution in [0.25, 0.3) is 6.08 Å². The highest BCUT2D eigenvalue weighted by Gasteiger charge is 2.36. The molecule has 1 saturated heterocycles. The maximum absolute atomic E-state index is 12.8. The average molecular weight is 466 g/mol. The van der Waals surface area contributed by atoms with E-state index >= 15 is 0 Å². The maximum Gasteiger partial charge on any atom is 0.416 e. The van der Waals surface area contributed by atoms with Gasteiger partial charge in [-0.15, -0.1) is 0 Å². The molecule has 0 aliphatic carbocycles. The quantitative estimate of drug-likeness (QED) is 0.636. The zero-order valence-electron chi connectivity index (χ0n) is 16.9. The molecule has 0 radical (unpaired) electrons. The molecule has 3 amide bonds. The van der Waals surface area contributed by atoms with Crippen LogP contribution in [0.5, 0.6) is 11.5 Å². The van der Waals surface area contributed by atoms with Crippen molar-refractivity contribution < 1.29 is 37.0 Å². The van der Waals surface area contributed by atoms with Gasteiger partial charge in [-0.1, -0.05) is 6.07 Å². The summed E-state index contributed by atoms with van der Waals surface area (Å²) in [5.74, 6) is -0.562. The van der Waals surface area contributed by atoms with Crippen molar-refractivity contribution in [3.8, 4) is 11.5 Å². The molecule has 1 fully saturated rings. The topological polar surface area (TPSA) is 84.9 Å². The van der Waals surface area contributed by atoms with Crippen LogP contribution in [0.1, 0.15) is 11.1 Å². The number of carbonyl (C=O) groups excluding carboxylic acids is 3. The van der Waals surface area contributed by atoms with Crippen LogP contribution in [0.4, 0.5) is 23.7 Å². The van der Waals surface area contributed by atoms with Crippen molar-refractivity contribution in [2.75, 3.05) is 26.1 Å². The van der Waals surface area contributed by atoms with Crippen LogP contribution in [0, 0.1) is 0 Å². The Morgan fingerprint density at radius 3 is 2.53 bits per heavy atom. The Kier molecular flexibility index (Phi) is 6.78. The first-order valence-electron chi connectivity index (χ1n) is 9.07. The van der Waals surface area contributed by atoms with Gasteiger partial charge in [-0.2, -0.15) is 13.2 Å². The molecule has 0 bridgehead atoms. The standard InChI is InChI=1S/C21H17F3N2O5S/c1-30-15-6-7-16(31-2)12(8-15)9-17-19(28)26(20(29)32-17)11-18(27)25-14-5-3-4-13(10-14)21(22,23)24/h3-10H,11H2,1-2H3,(H,25,27)/b17-9-. The van der Waals surface area contributed by atoms with Gasteiger partial charge in [0, 0.05) is 11.3 Å². The number of ether oxygens (including phenoxy) is 2. The van der Waals surface area contributed by atoms with Crippen LogP contribution in [0.2, 0.25) is 0 Å². The number of amides is 3. The fraction of sp³-hybridized carbons (Fsp3) is 0.190. The van der Waals surface area contributed by atoms with E-state index in [9.17, 15) is 27.6 Å². The van der Waals surface area contributed by atoms with Gasteiger partial charge in [-0.3, -0.25) is 19.3 Å². The Morgan fingerprint density at radius 1 is 1.12 bits per heavy atom. The van der Waals surface area contributed by atoms with Crippen molar-refractivity contribution in [3.63, 3.8) is 0 Å². The third kappa shape index (κ3) is 5.22. The number of anilines is 1. The summed E-state index contributed by atoms with van der Waals surface area (Å²) in [5, 5.41) is 1.59. The number of nitrogens with one attached hydrogen (secondary N) is 1. The normalized spacial score (nSPS) is 15.3. The molecule has 2 aromatic carbocycles. The number of hydrogen-bond donors (Lipinski definition) is 1. The lowest BCUT2D eigenvalue weighted by atomic mass is 10.1. The van der Waals surface area contributed by atoms with E-state index in [0.717, 1.165) is 18.2 Å². The van der Waals surface area contributed by atoms with E-state index in [1.807, 2.05) is 0 Å². The van der Waals surface area contributed by atoms with Crippen molar-refractivity contribution in [3.05, 3.63) is 58.5 Å². The van der Waals surface area contributed by atoms with Gasteiger partial charge < -0.3 is 14.8 Å². The minimum atomic E-state index is -4.57. The number of nitrogens with zero attached hydrogens (tertiary/aromatic N) is 1. The molecule has 1 aliphatic heterocycles. The minimum absolute atomic E-state index is 0.0634. The minimum Gasteiger partial charge on any atom is -0.497 e. The van der Waals surface area contributed by atoms with Gasteiger partial charge in [-0.25, -0.2) is 0 Å². The molecule has 7 nitrogen and oxygen atoms in total. The van der Waals surface area contributed by atoms with Crippen LogP contribution in [0.15, 0.2) is 47.4 Å². The molecule has 0 unspecified atom stereocenters. The van der Waals surface area contributed by atoms with Crippen molar-refractivity contribution in [1.82, 2.24) is 4.90 Å². The van der Waals surface area contributed by atoms with Crippen molar-refractivity contribution in [2.24, 2.45) is 0 Å². The van der Waals surface area contributed by atoms with Crippen LogP contribution in [-0.4, -0.2) is 42.7 Å². The van der Waals surface area contributed by atoms with Crippen molar-refractivity contribution in [2.45, 2.75) is 6.18 Å². The van der Waals surface area contributed by atoms with Crippen LogP contribution in [0.3, 0.4) is 0 Å². The first-order valence-corrected chi connectivity index (χ1v) is 9.88. The molecule has 0 spiro atoms. The van der Waals surface area contributed by atoms with Gasteiger partial charge in [-0.05, 0) is 54.2 Å². The van der Waals surface area contributed by atoms with E-state index in [-0.39, 0.29) is 10.6 Å². The van der Waals surface area contributed by atoms with E-state index in [2.05, 4.69) is 5.32 Å². The summed E-state index contributed by atoms with van der Waals surface area (Å²) in [6, 6.07) is 8.97. The molecule has 0 atom stereocenters. The second-order valence-corrected chi connectivity index (χ2v) is 7.50. The van der Waals surface area contributed by atoms with Gasteiger partial charge >= 0.3 is 6.18 Å². The predicted octanol–water partition coefficient (Wildman–Crippen LogP) is 4.40. The summed E-state index contributed by atoms with van der Waals surface area (Å²) in [5.41, 5.74) is -0.546. The van der Waals surface area contributed by atoms with Crippen LogP contribution in [-0.2, 0) is 15.8 Å². The molecule has 32 heavy (non-hydrogen) atoms. The number of thioether (sulfide) groups is 1. The molecule has 3 rings (SSSR count). The second-order valence-electron chi connectivity index (χ2n) is 6.50. The molecule has 1 heterocycles. The third-order valence-corrected chi connectivity index (χ3v) is 5.28. The Bertz CT molecular complexity index is 1100. The first-order chi connectivity index (χ1) is 15.1. The number of alkyl halides is 3. The molecule has 168 valence electrons. The Labute approximate surface area is 185 Å². The number of imide groups is 1. The van der Waals surface area contributed by atoms with Gasteiger partial charge in [0.05, 0.1) is 24.7 Å². The molecule has 1 N–H and O–H groups in total. The average Bonchev–Trinajstić information content (AvgIpc) is 3.00. The number of hydrogen-bond acceptors (Lipinski definition) is 6. The van der Waals surface area contributed by atoms with Crippen molar-refractivity contribution >= 4 is 40.6 Å². The highest BCUT2D eigenvalue weighted by atomic mass is 32.2. The maximum atomic E-state index is 12.8. The van der Waals surface area contributed by atoms with E-state index < -0.39 is 35.3 Å². The summed E-state index contributed by atoms with van der Waals surface area (Å²) >= 11 is 0.637. The largest absolute Gasteiger partial charge is 0.497 e. The summed E-state index contributed by atoms with van der Waals surface area (Å²) < 4.78 is 48.9. The SMILES string of the molecule is COc1ccc(OC)c(/C=C2\SC(=O)N(CC(=O)Nc3cccc(C(F)(F)F)c3)C2=O)c1. The number of methoxy groups -OCH3 is 2. The number of rotatable bonds is 6. The summed E-state index contributed by atoms with van der Waals surface area (Å²) in [6.45, 7) is -0.645. The van der Waals surface area contributed by atoms with Gasteiger partial charge in [0.15, 0.2) is 0 Å². The van der Waals surface area contributed by atoms with Gasteiger partial charge in [0.2, 0.25) is 5.91 Å². The van der Waals surface area contributed by atoms with E-state index in [1.165, 1.54) is 26.4 Å². The molecule has 11 heteroatoms. The fourth-order valence-corrected chi connectivity index (χ4v) is 3.68. The number of benzene rings is 2. The Hall–Kier alpha value is -3.47.